The Morgan fingerprint density at radius 3 is 2.52 bits per heavy atom. The second-order valence-electron chi connectivity index (χ2n) is 8.69. The highest BCUT2D eigenvalue weighted by Gasteiger charge is 2.46. The quantitative estimate of drug-likeness (QED) is 0.432. The summed E-state index contributed by atoms with van der Waals surface area (Å²) < 4.78 is 1.64. The van der Waals surface area contributed by atoms with Crippen molar-refractivity contribution in [3.05, 3.63) is 40.2 Å². The number of nitrogens with zero attached hydrogens (tertiary/aromatic N) is 4. The van der Waals surface area contributed by atoms with E-state index in [9.17, 15) is 19.2 Å². The number of pyridine rings is 1. The van der Waals surface area contributed by atoms with Gasteiger partial charge in [-0.3, -0.25) is 24.0 Å². The number of hydrogen-bond acceptors (Lipinski definition) is 7. The first kappa shape index (κ1) is 22.6. The van der Waals surface area contributed by atoms with Crippen LogP contribution in [0.5, 0.6) is 0 Å². The zero-order chi connectivity index (χ0) is 23.7. The van der Waals surface area contributed by atoms with Gasteiger partial charge in [-0.05, 0) is 50.2 Å². The van der Waals surface area contributed by atoms with E-state index in [4.69, 9.17) is 11.5 Å². The number of aromatic nitrogens is 3. The van der Waals surface area contributed by atoms with Crippen LogP contribution in [0.15, 0.2) is 34.5 Å². The molecule has 0 aromatic carbocycles. The number of nitrogens with one attached hydrogen (secondary N) is 1. The summed E-state index contributed by atoms with van der Waals surface area (Å²) in [5.41, 5.74) is 12.1. The topological polar surface area (TPSA) is 160 Å². The molecule has 0 unspecified atom stereocenters. The summed E-state index contributed by atoms with van der Waals surface area (Å²) in [4.78, 5) is 60.5. The summed E-state index contributed by atoms with van der Waals surface area (Å²) in [5, 5.41) is 0. The average molecular weight is 456 g/mol. The standard InChI is InChI=1S/C22H29N7O4/c1-2-3-11-27-19(30)16(17(23)24)20(31)29(22(27)33)14-8-6-13(7-9-14)12-28-18-15(26-21(28)32)5-4-10-25-18/h4-5,10,13-14H,2-3,6-9,11-12,23-24H2,1H3,(H,26,32). The van der Waals surface area contributed by atoms with Crippen molar-refractivity contribution in [1.82, 2.24) is 24.3 Å². The van der Waals surface area contributed by atoms with E-state index in [-0.39, 0.29) is 35.6 Å². The number of nitrogens with two attached hydrogens (primary N) is 2. The fraction of sp³-hybridized carbons (Fsp3) is 0.500. The van der Waals surface area contributed by atoms with Crippen molar-refractivity contribution in [3.8, 4) is 0 Å². The van der Waals surface area contributed by atoms with Gasteiger partial charge in [0.15, 0.2) is 5.65 Å². The maximum Gasteiger partial charge on any atom is 0.334 e. The molecule has 3 heterocycles. The molecule has 0 radical (unpaired) electrons. The second kappa shape index (κ2) is 9.08. The van der Waals surface area contributed by atoms with Crippen LogP contribution in [0.1, 0.15) is 45.4 Å². The van der Waals surface area contributed by atoms with Gasteiger partial charge in [0, 0.05) is 25.3 Å². The Kier molecular flexibility index (Phi) is 6.21. The van der Waals surface area contributed by atoms with Gasteiger partial charge >= 0.3 is 11.7 Å². The zero-order valence-corrected chi connectivity index (χ0v) is 18.6. The molecule has 33 heavy (non-hydrogen) atoms. The monoisotopic (exact) mass is 455 g/mol. The van der Waals surface area contributed by atoms with Crippen molar-refractivity contribution in [2.24, 2.45) is 17.4 Å². The number of urea groups is 1. The molecule has 5 N–H and O–H groups in total. The molecule has 4 rings (SSSR count). The molecular weight excluding hydrogens is 426 g/mol. The molecule has 0 spiro atoms. The molecule has 1 aliphatic heterocycles. The van der Waals surface area contributed by atoms with Crippen LogP contribution in [0.2, 0.25) is 0 Å². The zero-order valence-electron chi connectivity index (χ0n) is 18.6. The molecule has 11 heteroatoms. The number of carbonyl (C=O) groups excluding carboxylic acids is 3. The minimum Gasteiger partial charge on any atom is -0.385 e. The molecule has 1 aliphatic carbocycles. The summed E-state index contributed by atoms with van der Waals surface area (Å²) in [7, 11) is 0. The summed E-state index contributed by atoms with van der Waals surface area (Å²) in [6.45, 7) is 2.67. The molecule has 0 atom stereocenters. The minimum absolute atomic E-state index is 0.197. The van der Waals surface area contributed by atoms with Gasteiger partial charge in [0.1, 0.15) is 11.4 Å². The molecule has 2 aliphatic rings. The number of unbranched alkanes of at least 4 members (excludes halogenated alkanes) is 1. The number of imide groups is 2. The fourth-order valence-corrected chi connectivity index (χ4v) is 4.73. The lowest BCUT2D eigenvalue weighted by atomic mass is 9.84. The van der Waals surface area contributed by atoms with Gasteiger partial charge in [-0.2, -0.15) is 0 Å². The smallest absolute Gasteiger partial charge is 0.334 e. The van der Waals surface area contributed by atoms with Gasteiger partial charge in [-0.25, -0.2) is 14.6 Å². The fourth-order valence-electron chi connectivity index (χ4n) is 4.73. The molecule has 1 saturated carbocycles. The van der Waals surface area contributed by atoms with Crippen molar-refractivity contribution in [2.45, 2.75) is 58.0 Å². The molecule has 2 aromatic rings. The highest BCUT2D eigenvalue weighted by atomic mass is 16.2. The number of barbiturate groups is 1. The summed E-state index contributed by atoms with van der Waals surface area (Å²) >= 11 is 0. The van der Waals surface area contributed by atoms with E-state index in [0.717, 1.165) is 16.2 Å². The van der Waals surface area contributed by atoms with E-state index in [1.54, 1.807) is 16.8 Å². The normalized spacial score (nSPS) is 21.8. The molecule has 0 bridgehead atoms. The van der Waals surface area contributed by atoms with Gasteiger partial charge < -0.3 is 16.5 Å². The summed E-state index contributed by atoms with van der Waals surface area (Å²) in [6.07, 6.45) is 5.63. The third-order valence-corrected chi connectivity index (χ3v) is 6.50. The number of amides is 4. The maximum absolute atomic E-state index is 13.1. The molecule has 2 aromatic heterocycles. The van der Waals surface area contributed by atoms with Crippen LogP contribution >= 0.6 is 0 Å². The SMILES string of the molecule is CCCCN1C(=O)C(=C(N)N)C(=O)N(C2CCC(Cn3c(=O)[nH]c4cccnc43)CC2)C1=O. The number of rotatable bonds is 6. The van der Waals surface area contributed by atoms with Gasteiger partial charge in [0.2, 0.25) is 0 Å². The van der Waals surface area contributed by atoms with Gasteiger partial charge in [0.25, 0.3) is 11.8 Å². The van der Waals surface area contributed by atoms with Crippen LogP contribution in [-0.4, -0.2) is 54.8 Å². The summed E-state index contributed by atoms with van der Waals surface area (Å²) in [6, 6.07) is 2.62. The first-order chi connectivity index (χ1) is 15.8. The number of carbonyl (C=O) groups is 3. The lowest BCUT2D eigenvalue weighted by Gasteiger charge is -2.41. The van der Waals surface area contributed by atoms with E-state index in [1.165, 1.54) is 0 Å². The largest absolute Gasteiger partial charge is 0.385 e. The Labute approximate surface area is 190 Å². The number of aromatic amines is 1. The Balaban J connectivity index is 1.49. The van der Waals surface area contributed by atoms with E-state index in [0.29, 0.717) is 49.8 Å². The van der Waals surface area contributed by atoms with Crippen molar-refractivity contribution in [1.29, 1.82) is 0 Å². The Morgan fingerprint density at radius 1 is 1.12 bits per heavy atom. The highest BCUT2D eigenvalue weighted by molar-refractivity contribution is 6.29. The lowest BCUT2D eigenvalue weighted by molar-refractivity contribution is -0.138. The number of imidazole rings is 1. The molecule has 4 amide bonds. The molecule has 2 fully saturated rings. The number of hydrogen-bond donors (Lipinski definition) is 3. The third kappa shape index (κ3) is 4.10. The molecule has 11 nitrogen and oxygen atoms in total. The van der Waals surface area contributed by atoms with E-state index in [2.05, 4.69) is 9.97 Å². The van der Waals surface area contributed by atoms with Crippen molar-refractivity contribution in [2.75, 3.05) is 6.54 Å². The van der Waals surface area contributed by atoms with Crippen LogP contribution in [0.4, 0.5) is 4.79 Å². The van der Waals surface area contributed by atoms with Crippen molar-refractivity contribution >= 4 is 29.0 Å². The average Bonchev–Trinajstić information content (AvgIpc) is 3.09. The summed E-state index contributed by atoms with van der Waals surface area (Å²) in [5.74, 6) is -1.63. The second-order valence-corrected chi connectivity index (χ2v) is 8.69. The predicted molar refractivity (Wildman–Crippen MR) is 120 cm³/mol. The van der Waals surface area contributed by atoms with E-state index in [1.807, 2.05) is 13.0 Å². The Morgan fingerprint density at radius 2 is 1.85 bits per heavy atom. The van der Waals surface area contributed by atoms with Gasteiger partial charge in [-0.15, -0.1) is 0 Å². The first-order valence-corrected chi connectivity index (χ1v) is 11.3. The van der Waals surface area contributed by atoms with E-state index >= 15 is 0 Å². The van der Waals surface area contributed by atoms with Crippen LogP contribution in [0.3, 0.4) is 0 Å². The van der Waals surface area contributed by atoms with E-state index < -0.39 is 17.8 Å². The Hall–Kier alpha value is -3.63. The first-order valence-electron chi connectivity index (χ1n) is 11.3. The molecule has 176 valence electrons. The number of fused-ring (bicyclic) bond motifs is 1. The van der Waals surface area contributed by atoms with Crippen LogP contribution in [0, 0.1) is 5.92 Å². The van der Waals surface area contributed by atoms with Crippen molar-refractivity contribution < 1.29 is 14.4 Å². The maximum atomic E-state index is 13.1. The minimum atomic E-state index is -0.727. The molecular formula is C22H29N7O4. The van der Waals surface area contributed by atoms with Crippen LogP contribution in [0.25, 0.3) is 11.2 Å². The number of H-pyrrole nitrogens is 1. The third-order valence-electron chi connectivity index (χ3n) is 6.50. The van der Waals surface area contributed by atoms with Crippen molar-refractivity contribution in [3.63, 3.8) is 0 Å². The van der Waals surface area contributed by atoms with Crippen LogP contribution < -0.4 is 17.2 Å². The highest BCUT2D eigenvalue weighted by Crippen LogP contribution is 2.32. The Bertz CT molecular complexity index is 1170. The van der Waals surface area contributed by atoms with Gasteiger partial charge in [-0.1, -0.05) is 13.3 Å². The predicted octanol–water partition coefficient (Wildman–Crippen LogP) is 1.00. The van der Waals surface area contributed by atoms with Gasteiger partial charge in [0.05, 0.1) is 5.52 Å². The van der Waals surface area contributed by atoms with Crippen LogP contribution in [-0.2, 0) is 16.1 Å². The molecule has 1 saturated heterocycles. The lowest BCUT2D eigenvalue weighted by Crippen LogP contribution is -2.60.